The lowest BCUT2D eigenvalue weighted by atomic mass is 10.3. The van der Waals surface area contributed by atoms with Gasteiger partial charge in [-0.3, -0.25) is 4.98 Å². The molecule has 0 radical (unpaired) electrons. The topological polar surface area (TPSA) is 68.5 Å². The minimum atomic E-state index is 0.571. The lowest BCUT2D eigenvalue weighted by Gasteiger charge is -2.10. The molecule has 0 amide bonds. The Bertz CT molecular complexity index is 968. The molecule has 0 saturated carbocycles. The third-order valence-corrected chi connectivity index (χ3v) is 4.06. The summed E-state index contributed by atoms with van der Waals surface area (Å²) in [6.45, 7) is 0. The van der Waals surface area contributed by atoms with E-state index < -0.39 is 0 Å². The molecule has 122 valence electrons. The molecule has 0 fully saturated rings. The summed E-state index contributed by atoms with van der Waals surface area (Å²) in [6.07, 6.45) is 3.47. The molecule has 1 N–H and O–H groups in total. The van der Waals surface area contributed by atoms with Gasteiger partial charge in [-0.05, 0) is 48.5 Å². The minimum Gasteiger partial charge on any atom is -0.324 e. The van der Waals surface area contributed by atoms with Crippen molar-refractivity contribution in [1.82, 2.24) is 24.7 Å². The van der Waals surface area contributed by atoms with E-state index in [-0.39, 0.29) is 0 Å². The Morgan fingerprint density at radius 1 is 0.800 bits per heavy atom. The Morgan fingerprint density at radius 2 is 1.56 bits per heavy atom. The zero-order chi connectivity index (χ0) is 17.1. The molecule has 4 aromatic rings. The van der Waals surface area contributed by atoms with Gasteiger partial charge in [0.1, 0.15) is 11.5 Å². The van der Waals surface area contributed by atoms with Crippen LogP contribution in [0.1, 0.15) is 0 Å². The van der Waals surface area contributed by atoms with Gasteiger partial charge in [-0.2, -0.15) is 0 Å². The first-order valence-electron chi connectivity index (χ1n) is 7.62. The molecule has 4 rings (SSSR count). The number of nitrogens with one attached hydrogen (secondary N) is 1. The van der Waals surface area contributed by atoms with E-state index in [0.29, 0.717) is 17.6 Å². The van der Waals surface area contributed by atoms with Gasteiger partial charge in [0.15, 0.2) is 5.82 Å². The number of nitrogens with zero attached hydrogens (tertiary/aromatic N) is 5. The van der Waals surface area contributed by atoms with Gasteiger partial charge < -0.3 is 5.32 Å². The minimum absolute atomic E-state index is 0.571. The average Bonchev–Trinajstić information content (AvgIpc) is 3.08. The average molecular weight is 393 g/mol. The maximum Gasteiger partial charge on any atom is 0.235 e. The van der Waals surface area contributed by atoms with Gasteiger partial charge in [0.25, 0.3) is 0 Å². The Morgan fingerprint density at radius 3 is 2.24 bits per heavy atom. The summed E-state index contributed by atoms with van der Waals surface area (Å²) in [7, 11) is 0. The summed E-state index contributed by atoms with van der Waals surface area (Å²) in [6, 6.07) is 19.2. The highest BCUT2D eigenvalue weighted by Crippen LogP contribution is 2.25. The van der Waals surface area contributed by atoms with Gasteiger partial charge in [0.05, 0.1) is 0 Å². The van der Waals surface area contributed by atoms with E-state index in [1.165, 1.54) is 0 Å². The van der Waals surface area contributed by atoms with E-state index >= 15 is 0 Å². The van der Waals surface area contributed by atoms with Crippen LogP contribution in [0.2, 0.25) is 0 Å². The summed E-state index contributed by atoms with van der Waals surface area (Å²) in [5.74, 6) is 1.91. The Hall–Kier alpha value is -3.06. The third-order valence-electron chi connectivity index (χ3n) is 3.54. The van der Waals surface area contributed by atoms with Crippen LogP contribution in [0.15, 0.2) is 77.5 Å². The van der Waals surface area contributed by atoms with E-state index in [1.807, 2.05) is 65.2 Å². The SMILES string of the molecule is Brc1ccc(Nc2nnc(-c3ccccn3)n2-c2ccccn2)cc1. The van der Waals surface area contributed by atoms with Crippen molar-refractivity contribution in [3.63, 3.8) is 0 Å². The first kappa shape index (κ1) is 15.5. The highest BCUT2D eigenvalue weighted by molar-refractivity contribution is 9.10. The van der Waals surface area contributed by atoms with Crippen LogP contribution < -0.4 is 5.32 Å². The monoisotopic (exact) mass is 392 g/mol. The predicted octanol–water partition coefficient (Wildman–Crippen LogP) is 4.23. The van der Waals surface area contributed by atoms with Gasteiger partial charge in [-0.15, -0.1) is 10.2 Å². The standard InChI is InChI=1S/C18H13BrN6/c19-13-7-9-14(10-8-13)22-18-24-23-17(15-5-1-3-11-20-15)25(18)16-6-2-4-12-21-16/h1-12H,(H,22,24). The van der Waals surface area contributed by atoms with Crippen LogP contribution in [0.25, 0.3) is 17.3 Å². The largest absolute Gasteiger partial charge is 0.324 e. The van der Waals surface area contributed by atoms with Crippen molar-refractivity contribution in [3.8, 4) is 17.3 Å². The first-order chi connectivity index (χ1) is 12.3. The van der Waals surface area contributed by atoms with Crippen molar-refractivity contribution in [2.45, 2.75) is 0 Å². The second kappa shape index (κ2) is 6.82. The van der Waals surface area contributed by atoms with Crippen LogP contribution in [-0.4, -0.2) is 24.7 Å². The fourth-order valence-corrected chi connectivity index (χ4v) is 2.66. The second-order valence-electron chi connectivity index (χ2n) is 5.22. The normalized spacial score (nSPS) is 10.6. The molecule has 0 aliphatic rings. The smallest absolute Gasteiger partial charge is 0.235 e. The van der Waals surface area contributed by atoms with Crippen molar-refractivity contribution in [3.05, 3.63) is 77.5 Å². The zero-order valence-electron chi connectivity index (χ0n) is 13.0. The number of halogens is 1. The molecule has 0 bridgehead atoms. The molecule has 3 heterocycles. The Balaban J connectivity index is 1.82. The highest BCUT2D eigenvalue weighted by Gasteiger charge is 2.17. The number of aromatic nitrogens is 5. The second-order valence-corrected chi connectivity index (χ2v) is 6.13. The molecule has 0 aliphatic carbocycles. The molecular formula is C18H13BrN6. The van der Waals surface area contributed by atoms with Gasteiger partial charge in [-0.1, -0.05) is 28.1 Å². The molecule has 3 aromatic heterocycles. The van der Waals surface area contributed by atoms with E-state index in [2.05, 4.69) is 41.4 Å². The predicted molar refractivity (Wildman–Crippen MR) is 99.8 cm³/mol. The summed E-state index contributed by atoms with van der Waals surface area (Å²) in [5, 5.41) is 11.9. The summed E-state index contributed by atoms with van der Waals surface area (Å²) in [5.41, 5.74) is 1.63. The quantitative estimate of drug-likeness (QED) is 0.562. The maximum atomic E-state index is 4.43. The molecule has 0 spiro atoms. The lowest BCUT2D eigenvalue weighted by Crippen LogP contribution is -2.05. The van der Waals surface area contributed by atoms with Gasteiger partial charge in [-0.25, -0.2) is 9.55 Å². The lowest BCUT2D eigenvalue weighted by molar-refractivity contribution is 0.997. The highest BCUT2D eigenvalue weighted by atomic mass is 79.9. The molecule has 0 unspecified atom stereocenters. The van der Waals surface area contributed by atoms with Crippen molar-refractivity contribution < 1.29 is 0 Å². The fraction of sp³-hybridized carbons (Fsp3) is 0. The molecule has 25 heavy (non-hydrogen) atoms. The molecule has 0 aliphatic heterocycles. The molecule has 6 nitrogen and oxygen atoms in total. The summed E-state index contributed by atoms with van der Waals surface area (Å²) >= 11 is 3.44. The molecule has 1 aromatic carbocycles. The molecule has 0 saturated heterocycles. The van der Waals surface area contributed by atoms with Crippen LogP contribution in [0.4, 0.5) is 11.6 Å². The van der Waals surface area contributed by atoms with Crippen LogP contribution >= 0.6 is 15.9 Å². The molecular weight excluding hydrogens is 380 g/mol. The number of hydrogen-bond donors (Lipinski definition) is 1. The number of hydrogen-bond acceptors (Lipinski definition) is 5. The van der Waals surface area contributed by atoms with Crippen LogP contribution in [0.3, 0.4) is 0 Å². The van der Waals surface area contributed by atoms with Crippen LogP contribution in [-0.2, 0) is 0 Å². The number of rotatable bonds is 4. The van der Waals surface area contributed by atoms with Gasteiger partial charge >= 0.3 is 0 Å². The third kappa shape index (κ3) is 3.27. The van der Waals surface area contributed by atoms with Gasteiger partial charge in [0, 0.05) is 22.6 Å². The summed E-state index contributed by atoms with van der Waals surface area (Å²) < 4.78 is 2.86. The Kier molecular flexibility index (Phi) is 4.22. The number of benzene rings is 1. The van der Waals surface area contributed by atoms with E-state index in [9.17, 15) is 0 Å². The number of pyridine rings is 2. The van der Waals surface area contributed by atoms with Crippen molar-refractivity contribution in [2.24, 2.45) is 0 Å². The first-order valence-corrected chi connectivity index (χ1v) is 8.41. The number of anilines is 2. The van der Waals surface area contributed by atoms with Crippen molar-refractivity contribution in [2.75, 3.05) is 5.32 Å². The molecule has 7 heteroatoms. The van der Waals surface area contributed by atoms with E-state index in [4.69, 9.17) is 0 Å². The maximum absolute atomic E-state index is 4.43. The van der Waals surface area contributed by atoms with Crippen molar-refractivity contribution in [1.29, 1.82) is 0 Å². The van der Waals surface area contributed by atoms with E-state index in [0.717, 1.165) is 15.9 Å². The zero-order valence-corrected chi connectivity index (χ0v) is 14.6. The van der Waals surface area contributed by atoms with E-state index in [1.54, 1.807) is 12.4 Å². The summed E-state index contributed by atoms with van der Waals surface area (Å²) in [4.78, 5) is 8.81. The van der Waals surface area contributed by atoms with Crippen LogP contribution in [0, 0.1) is 0 Å². The molecule has 0 atom stereocenters. The van der Waals surface area contributed by atoms with Crippen molar-refractivity contribution >= 4 is 27.6 Å². The van der Waals surface area contributed by atoms with Crippen LogP contribution in [0.5, 0.6) is 0 Å². The fourth-order valence-electron chi connectivity index (χ4n) is 2.39. The Labute approximate surface area is 152 Å². The van der Waals surface area contributed by atoms with Gasteiger partial charge in [0.2, 0.25) is 5.95 Å².